The van der Waals surface area contributed by atoms with Gasteiger partial charge in [0.15, 0.2) is 0 Å². The zero-order valence-corrected chi connectivity index (χ0v) is 15.6. The molecule has 0 unspecified atom stereocenters. The normalized spacial score (nSPS) is 9.95. The Bertz CT molecular complexity index is 697. The van der Waals surface area contributed by atoms with E-state index in [-0.39, 0.29) is 29.6 Å². The van der Waals surface area contributed by atoms with Crippen LogP contribution in [0.2, 0.25) is 0 Å². The number of rotatable bonds is 3. The molecule has 0 nitrogen and oxygen atoms in total. The van der Waals surface area contributed by atoms with E-state index in [2.05, 4.69) is 73.3 Å². The fourth-order valence-electron chi connectivity index (χ4n) is 2.08. The van der Waals surface area contributed by atoms with Crippen molar-refractivity contribution in [3.8, 4) is 11.1 Å². The number of hydrogen-bond donors (Lipinski definition) is 1. The Morgan fingerprint density at radius 3 is 1.95 bits per heavy atom. The molecule has 0 aliphatic carbocycles. The molecule has 3 aromatic carbocycles. The van der Waals surface area contributed by atoms with Crippen molar-refractivity contribution in [2.24, 2.45) is 0 Å². The van der Waals surface area contributed by atoms with E-state index in [1.807, 2.05) is 18.2 Å². The third-order valence-electron chi connectivity index (χ3n) is 3.04. The van der Waals surface area contributed by atoms with Gasteiger partial charge in [-0.2, -0.15) is 0 Å². The molecule has 3 rings (SSSR count). The van der Waals surface area contributed by atoms with Gasteiger partial charge in [-0.15, -0.1) is 12.6 Å². The topological polar surface area (TPSA) is 0 Å². The Hall–Kier alpha value is -0.640. The van der Waals surface area contributed by atoms with Crippen molar-refractivity contribution in [1.82, 2.24) is 0 Å². The van der Waals surface area contributed by atoms with E-state index in [4.69, 9.17) is 0 Å². The summed E-state index contributed by atoms with van der Waals surface area (Å²) in [6.45, 7) is 0. The number of hydrogen-bond acceptors (Lipinski definition) is 2. The summed E-state index contributed by atoms with van der Waals surface area (Å²) in [5, 5.41) is 0. The second-order valence-electron chi connectivity index (χ2n) is 4.43. The van der Waals surface area contributed by atoms with Gasteiger partial charge in [0.25, 0.3) is 0 Å². The maximum absolute atomic E-state index is 4.63. The van der Waals surface area contributed by atoms with Crippen LogP contribution >= 0.6 is 24.4 Å². The monoisotopic (exact) mass is 317 g/mol. The van der Waals surface area contributed by atoms with Crippen molar-refractivity contribution in [3.05, 3.63) is 78.9 Å². The first-order chi connectivity index (χ1) is 9.84. The maximum Gasteiger partial charge on any atom is 0.0334 e. The van der Waals surface area contributed by atoms with Crippen LogP contribution in [0.1, 0.15) is 0 Å². The Balaban J connectivity index is 0.00000161. The van der Waals surface area contributed by atoms with Crippen LogP contribution < -0.4 is 0 Å². The van der Waals surface area contributed by atoms with Gasteiger partial charge < -0.3 is 0 Å². The molecule has 3 aromatic rings. The van der Waals surface area contributed by atoms with E-state index in [9.17, 15) is 0 Å². The summed E-state index contributed by atoms with van der Waals surface area (Å²) in [5.41, 5.74) is 2.45. The van der Waals surface area contributed by atoms with Crippen molar-refractivity contribution in [2.75, 3.05) is 0 Å². The average Bonchev–Trinajstić information content (AvgIpc) is 2.51. The summed E-state index contributed by atoms with van der Waals surface area (Å²) in [6, 6.07) is 27.1. The van der Waals surface area contributed by atoms with Crippen molar-refractivity contribution in [2.45, 2.75) is 14.7 Å². The van der Waals surface area contributed by atoms with Gasteiger partial charge in [0.1, 0.15) is 0 Å². The summed E-state index contributed by atoms with van der Waals surface area (Å²) in [4.78, 5) is 3.44. The third-order valence-corrected chi connectivity index (χ3v) is 4.72. The van der Waals surface area contributed by atoms with Crippen molar-refractivity contribution < 1.29 is 0 Å². The van der Waals surface area contributed by atoms with Crippen molar-refractivity contribution in [3.63, 3.8) is 0 Å². The maximum atomic E-state index is 4.63. The zero-order valence-electron chi connectivity index (χ0n) is 11.9. The van der Waals surface area contributed by atoms with E-state index < -0.39 is 0 Å². The first-order valence-corrected chi connectivity index (χ1v) is 7.71. The molecular weight excluding hydrogens is 303 g/mol. The number of thiol groups is 1. The van der Waals surface area contributed by atoms with E-state index in [0.29, 0.717) is 0 Å². The van der Waals surface area contributed by atoms with Gasteiger partial charge in [-0.1, -0.05) is 72.4 Å². The van der Waals surface area contributed by atoms with Crippen LogP contribution in [-0.4, -0.2) is 29.6 Å². The SMILES string of the molecule is Sc1cccc(-c2ccccc2)c1Sc1ccccc1.[Na]. The van der Waals surface area contributed by atoms with Gasteiger partial charge >= 0.3 is 0 Å². The van der Waals surface area contributed by atoms with E-state index >= 15 is 0 Å². The van der Waals surface area contributed by atoms with Gasteiger partial charge in [0.05, 0.1) is 0 Å². The van der Waals surface area contributed by atoms with Crippen LogP contribution in [0.3, 0.4) is 0 Å². The van der Waals surface area contributed by atoms with E-state index in [1.54, 1.807) is 11.8 Å². The molecule has 0 aliphatic rings. The average molecular weight is 317 g/mol. The largest absolute Gasteiger partial charge is 0.142 e. The Labute approximate surface area is 157 Å². The van der Waals surface area contributed by atoms with Crippen LogP contribution in [0.5, 0.6) is 0 Å². The smallest absolute Gasteiger partial charge is 0.0334 e. The van der Waals surface area contributed by atoms with Gasteiger partial charge in [0, 0.05) is 44.2 Å². The molecule has 0 atom stereocenters. The molecule has 0 aliphatic heterocycles. The second-order valence-corrected chi connectivity index (χ2v) is 6.00. The predicted octanol–water partition coefficient (Wildman–Crippen LogP) is 5.41. The minimum Gasteiger partial charge on any atom is -0.142 e. The van der Waals surface area contributed by atoms with Crippen LogP contribution in [-0.2, 0) is 0 Å². The predicted molar refractivity (Wildman–Crippen MR) is 95.4 cm³/mol. The molecule has 21 heavy (non-hydrogen) atoms. The number of benzene rings is 3. The summed E-state index contributed by atoms with van der Waals surface area (Å²) in [7, 11) is 0. The molecular formula is C18H14NaS2. The molecule has 99 valence electrons. The van der Waals surface area contributed by atoms with E-state index in [0.717, 1.165) is 4.90 Å². The van der Waals surface area contributed by atoms with Crippen molar-refractivity contribution >= 4 is 53.9 Å². The molecule has 3 heteroatoms. The standard InChI is InChI=1S/C18H14S2.Na/c19-17-13-7-12-16(14-8-3-1-4-9-14)18(17)20-15-10-5-2-6-11-15;/h1-13,19H;. The van der Waals surface area contributed by atoms with Gasteiger partial charge in [-0.3, -0.25) is 0 Å². The van der Waals surface area contributed by atoms with E-state index in [1.165, 1.54) is 20.9 Å². The second kappa shape index (κ2) is 8.11. The summed E-state index contributed by atoms with van der Waals surface area (Å²) in [6.07, 6.45) is 0. The fraction of sp³-hybridized carbons (Fsp3) is 0. The Morgan fingerprint density at radius 1 is 0.667 bits per heavy atom. The Morgan fingerprint density at radius 2 is 1.29 bits per heavy atom. The molecule has 0 N–H and O–H groups in total. The van der Waals surface area contributed by atoms with Gasteiger partial charge in [0.2, 0.25) is 0 Å². The summed E-state index contributed by atoms with van der Waals surface area (Å²) in [5.74, 6) is 0. The molecule has 0 bridgehead atoms. The van der Waals surface area contributed by atoms with Crippen LogP contribution in [0.4, 0.5) is 0 Å². The molecule has 0 heterocycles. The van der Waals surface area contributed by atoms with Crippen LogP contribution in [0.15, 0.2) is 93.5 Å². The third kappa shape index (κ3) is 4.18. The minimum atomic E-state index is 0. The molecule has 0 spiro atoms. The van der Waals surface area contributed by atoms with Gasteiger partial charge in [-0.25, -0.2) is 0 Å². The molecule has 0 fully saturated rings. The summed E-state index contributed by atoms with van der Waals surface area (Å²) < 4.78 is 0. The fourth-order valence-corrected chi connectivity index (χ4v) is 3.42. The molecule has 0 aromatic heterocycles. The Kier molecular flexibility index (Phi) is 6.46. The summed E-state index contributed by atoms with van der Waals surface area (Å²) >= 11 is 6.39. The molecule has 0 amide bonds. The van der Waals surface area contributed by atoms with Gasteiger partial charge in [-0.05, 0) is 29.3 Å². The molecule has 0 saturated heterocycles. The first-order valence-electron chi connectivity index (χ1n) is 6.45. The zero-order chi connectivity index (χ0) is 13.8. The molecule has 1 radical (unpaired) electrons. The van der Waals surface area contributed by atoms with Crippen LogP contribution in [0, 0.1) is 0 Å². The minimum absolute atomic E-state index is 0. The quantitative estimate of drug-likeness (QED) is 0.497. The van der Waals surface area contributed by atoms with Crippen LogP contribution in [0.25, 0.3) is 11.1 Å². The first kappa shape index (κ1) is 16.7. The van der Waals surface area contributed by atoms with Crippen molar-refractivity contribution in [1.29, 1.82) is 0 Å². The molecule has 0 saturated carbocycles.